The Balaban J connectivity index is 1.55. The van der Waals surface area contributed by atoms with Crippen LogP contribution in [0.1, 0.15) is 42.9 Å². The summed E-state index contributed by atoms with van der Waals surface area (Å²) < 4.78 is 7.36. The fraction of sp³-hybridized carbons (Fsp3) is 0.364. The van der Waals surface area contributed by atoms with Crippen LogP contribution >= 0.6 is 0 Å². The summed E-state index contributed by atoms with van der Waals surface area (Å²) in [5.74, 6) is 2.90. The van der Waals surface area contributed by atoms with Crippen molar-refractivity contribution < 1.29 is 4.74 Å². The molecule has 1 aliphatic rings. The molecule has 0 unspecified atom stereocenters. The summed E-state index contributed by atoms with van der Waals surface area (Å²) in [4.78, 5) is 11.9. The van der Waals surface area contributed by atoms with Crippen LogP contribution in [0.4, 0.5) is 0 Å². The standard InChI is InChI=1S/C22H26N4O/c1-3-21-23-13-15-26(21)22-8-4-6-19(24-22)20-7-5-14-25(20)16-17-9-11-18(27-2)12-10-17/h4,6,8-13,15,20H,3,5,7,14,16H2,1-2H3/t20-/m0/s1. The summed E-state index contributed by atoms with van der Waals surface area (Å²) in [7, 11) is 1.70. The second-order valence-electron chi connectivity index (χ2n) is 6.96. The third-order valence-electron chi connectivity index (χ3n) is 5.29. The van der Waals surface area contributed by atoms with Gasteiger partial charge in [-0.25, -0.2) is 9.97 Å². The predicted molar refractivity (Wildman–Crippen MR) is 106 cm³/mol. The molecule has 0 spiro atoms. The lowest BCUT2D eigenvalue weighted by molar-refractivity contribution is 0.244. The van der Waals surface area contributed by atoms with Crippen molar-refractivity contribution in [3.8, 4) is 11.6 Å². The first-order valence-corrected chi connectivity index (χ1v) is 9.65. The number of ether oxygens (including phenoxy) is 1. The molecule has 1 saturated heterocycles. The molecular weight excluding hydrogens is 336 g/mol. The number of hydrogen-bond donors (Lipinski definition) is 0. The van der Waals surface area contributed by atoms with E-state index in [9.17, 15) is 0 Å². The maximum Gasteiger partial charge on any atom is 0.138 e. The Hall–Kier alpha value is -2.66. The van der Waals surface area contributed by atoms with Crippen molar-refractivity contribution in [2.24, 2.45) is 0 Å². The van der Waals surface area contributed by atoms with E-state index >= 15 is 0 Å². The van der Waals surface area contributed by atoms with Crippen LogP contribution < -0.4 is 4.74 Å². The van der Waals surface area contributed by atoms with Crippen LogP contribution in [0.15, 0.2) is 54.9 Å². The summed E-state index contributed by atoms with van der Waals surface area (Å²) in [5.41, 5.74) is 2.45. The molecule has 1 fully saturated rings. The normalized spacial score (nSPS) is 17.3. The van der Waals surface area contributed by atoms with Gasteiger partial charge in [0.1, 0.15) is 17.4 Å². The number of pyridine rings is 1. The van der Waals surface area contributed by atoms with Gasteiger partial charge < -0.3 is 4.74 Å². The van der Waals surface area contributed by atoms with Gasteiger partial charge in [-0.05, 0) is 49.2 Å². The summed E-state index contributed by atoms with van der Waals surface area (Å²) in [5, 5.41) is 0. The molecular formula is C22H26N4O. The Morgan fingerprint density at radius 3 is 2.78 bits per heavy atom. The van der Waals surface area contributed by atoms with Gasteiger partial charge in [0.05, 0.1) is 18.8 Å². The third-order valence-corrected chi connectivity index (χ3v) is 5.29. The van der Waals surface area contributed by atoms with Crippen LogP contribution in [0.25, 0.3) is 5.82 Å². The summed E-state index contributed by atoms with van der Waals surface area (Å²) in [6, 6.07) is 15.1. The van der Waals surface area contributed by atoms with Crippen molar-refractivity contribution in [2.45, 2.75) is 38.8 Å². The number of aryl methyl sites for hydroxylation is 1. The van der Waals surface area contributed by atoms with E-state index in [-0.39, 0.29) is 0 Å². The van der Waals surface area contributed by atoms with Gasteiger partial charge in [0.2, 0.25) is 0 Å². The van der Waals surface area contributed by atoms with Gasteiger partial charge in [-0.15, -0.1) is 0 Å². The van der Waals surface area contributed by atoms with Crippen molar-refractivity contribution in [1.82, 2.24) is 19.4 Å². The quantitative estimate of drug-likeness (QED) is 0.660. The number of likely N-dealkylation sites (tertiary alicyclic amines) is 1. The van der Waals surface area contributed by atoms with Crippen molar-refractivity contribution in [2.75, 3.05) is 13.7 Å². The van der Waals surface area contributed by atoms with Gasteiger partial charge in [0.25, 0.3) is 0 Å². The zero-order valence-electron chi connectivity index (χ0n) is 16.0. The lowest BCUT2D eigenvalue weighted by Gasteiger charge is -2.24. The highest BCUT2D eigenvalue weighted by Gasteiger charge is 2.27. The molecule has 5 nitrogen and oxygen atoms in total. The maximum absolute atomic E-state index is 5.27. The van der Waals surface area contributed by atoms with E-state index < -0.39 is 0 Å². The highest BCUT2D eigenvalue weighted by molar-refractivity contribution is 5.29. The molecule has 1 atom stereocenters. The second-order valence-corrected chi connectivity index (χ2v) is 6.96. The van der Waals surface area contributed by atoms with Gasteiger partial charge in [-0.1, -0.05) is 25.1 Å². The molecule has 1 aromatic carbocycles. The first kappa shape index (κ1) is 17.7. The smallest absolute Gasteiger partial charge is 0.138 e. The molecule has 0 aliphatic carbocycles. The molecule has 4 rings (SSSR count). The first-order chi connectivity index (χ1) is 13.3. The van der Waals surface area contributed by atoms with E-state index in [1.54, 1.807) is 7.11 Å². The number of methoxy groups -OCH3 is 1. The Kier molecular flexibility index (Phi) is 5.21. The SMILES string of the molecule is CCc1nccn1-c1cccc([C@@H]2CCCN2Cc2ccc(OC)cc2)n1. The summed E-state index contributed by atoms with van der Waals surface area (Å²) in [6.45, 7) is 4.16. The van der Waals surface area contributed by atoms with Crippen molar-refractivity contribution in [3.05, 3.63) is 71.9 Å². The van der Waals surface area contributed by atoms with Crippen LogP contribution in [-0.2, 0) is 13.0 Å². The fourth-order valence-electron chi connectivity index (χ4n) is 3.88. The van der Waals surface area contributed by atoms with E-state index in [4.69, 9.17) is 9.72 Å². The number of nitrogens with zero attached hydrogens (tertiary/aromatic N) is 4. The monoisotopic (exact) mass is 362 g/mol. The molecule has 27 heavy (non-hydrogen) atoms. The van der Waals surface area contributed by atoms with Crippen LogP contribution in [-0.4, -0.2) is 33.1 Å². The molecule has 1 aliphatic heterocycles. The van der Waals surface area contributed by atoms with E-state index in [0.29, 0.717) is 6.04 Å². The van der Waals surface area contributed by atoms with Crippen molar-refractivity contribution in [3.63, 3.8) is 0 Å². The van der Waals surface area contributed by atoms with E-state index in [2.05, 4.69) is 51.7 Å². The first-order valence-electron chi connectivity index (χ1n) is 9.65. The molecule has 0 radical (unpaired) electrons. The number of benzene rings is 1. The number of aromatic nitrogens is 3. The lowest BCUT2D eigenvalue weighted by Crippen LogP contribution is -2.23. The Labute approximate surface area is 160 Å². The van der Waals surface area contributed by atoms with E-state index in [1.165, 1.54) is 12.0 Å². The van der Waals surface area contributed by atoms with Crippen molar-refractivity contribution >= 4 is 0 Å². The fourth-order valence-corrected chi connectivity index (χ4v) is 3.88. The topological polar surface area (TPSA) is 43.2 Å². The van der Waals surface area contributed by atoms with Gasteiger partial charge in [0.15, 0.2) is 0 Å². The molecule has 0 bridgehead atoms. The number of imidazole rings is 1. The highest BCUT2D eigenvalue weighted by atomic mass is 16.5. The van der Waals surface area contributed by atoms with Crippen LogP contribution in [0.3, 0.4) is 0 Å². The molecule has 140 valence electrons. The van der Waals surface area contributed by atoms with Crippen molar-refractivity contribution in [1.29, 1.82) is 0 Å². The predicted octanol–water partition coefficient (Wildman–Crippen LogP) is 4.18. The zero-order chi connectivity index (χ0) is 18.6. The summed E-state index contributed by atoms with van der Waals surface area (Å²) >= 11 is 0. The van der Waals surface area contributed by atoms with E-state index in [0.717, 1.165) is 49.0 Å². The van der Waals surface area contributed by atoms with Gasteiger partial charge in [0, 0.05) is 25.4 Å². The highest BCUT2D eigenvalue weighted by Crippen LogP contribution is 2.32. The number of rotatable bonds is 6. The van der Waals surface area contributed by atoms with E-state index in [1.807, 2.05) is 24.5 Å². The molecule has 2 aromatic heterocycles. The second kappa shape index (κ2) is 7.92. The minimum atomic E-state index is 0.362. The summed E-state index contributed by atoms with van der Waals surface area (Å²) in [6.07, 6.45) is 7.09. The van der Waals surface area contributed by atoms with Gasteiger partial charge in [-0.3, -0.25) is 9.47 Å². The maximum atomic E-state index is 5.27. The number of hydrogen-bond acceptors (Lipinski definition) is 4. The Morgan fingerprint density at radius 2 is 2.00 bits per heavy atom. The average Bonchev–Trinajstić information content (AvgIpc) is 3.38. The molecule has 3 aromatic rings. The molecule has 0 saturated carbocycles. The van der Waals surface area contributed by atoms with Gasteiger partial charge in [-0.2, -0.15) is 0 Å². The minimum absolute atomic E-state index is 0.362. The Bertz CT molecular complexity index is 887. The van der Waals surface area contributed by atoms with Crippen LogP contribution in [0.2, 0.25) is 0 Å². The average molecular weight is 362 g/mol. The molecule has 3 heterocycles. The Morgan fingerprint density at radius 1 is 1.15 bits per heavy atom. The van der Waals surface area contributed by atoms with Crippen LogP contribution in [0, 0.1) is 0 Å². The third kappa shape index (κ3) is 3.74. The molecule has 0 amide bonds. The van der Waals surface area contributed by atoms with Crippen LogP contribution in [0.5, 0.6) is 5.75 Å². The zero-order valence-corrected chi connectivity index (χ0v) is 16.0. The molecule has 0 N–H and O–H groups in total. The largest absolute Gasteiger partial charge is 0.497 e. The minimum Gasteiger partial charge on any atom is -0.497 e. The van der Waals surface area contributed by atoms with Gasteiger partial charge >= 0.3 is 0 Å². The molecule has 5 heteroatoms. The lowest BCUT2D eigenvalue weighted by atomic mass is 10.1.